The summed E-state index contributed by atoms with van der Waals surface area (Å²) in [6.07, 6.45) is -2.70. The van der Waals surface area contributed by atoms with Crippen LogP contribution in [0.15, 0.2) is 24.3 Å². The molecule has 1 aromatic rings. The SMILES string of the molecule is CCCCCN(CCOc1ccc(CC(OCC)C(=O)O)cc1)C(=O)NCC(F)(F)F. The van der Waals surface area contributed by atoms with Crippen molar-refractivity contribution in [3.63, 3.8) is 0 Å². The molecule has 1 unspecified atom stereocenters. The van der Waals surface area contributed by atoms with Crippen LogP contribution in [0.4, 0.5) is 18.0 Å². The number of alkyl halides is 3. The van der Waals surface area contributed by atoms with Gasteiger partial charge in [-0.25, -0.2) is 9.59 Å². The number of amides is 2. The summed E-state index contributed by atoms with van der Waals surface area (Å²) in [4.78, 5) is 24.6. The van der Waals surface area contributed by atoms with E-state index >= 15 is 0 Å². The molecule has 0 aliphatic rings. The first-order chi connectivity index (χ1) is 14.7. The summed E-state index contributed by atoms with van der Waals surface area (Å²) < 4.78 is 47.9. The molecule has 0 heterocycles. The Kier molecular flexibility index (Phi) is 11.8. The molecule has 0 bridgehead atoms. The van der Waals surface area contributed by atoms with Gasteiger partial charge in [0.25, 0.3) is 0 Å². The van der Waals surface area contributed by atoms with E-state index < -0.39 is 30.8 Å². The quantitative estimate of drug-likeness (QED) is 0.422. The van der Waals surface area contributed by atoms with Crippen LogP contribution in [-0.4, -0.2) is 67.1 Å². The van der Waals surface area contributed by atoms with E-state index in [1.54, 1.807) is 31.2 Å². The average Bonchev–Trinajstić information content (AvgIpc) is 2.71. The molecule has 0 saturated heterocycles. The molecular weight excluding hydrogens is 417 g/mol. The van der Waals surface area contributed by atoms with E-state index in [4.69, 9.17) is 14.6 Å². The van der Waals surface area contributed by atoms with Crippen LogP contribution in [0.1, 0.15) is 38.7 Å². The number of urea groups is 1. The van der Waals surface area contributed by atoms with Crippen molar-refractivity contribution >= 4 is 12.0 Å². The lowest BCUT2D eigenvalue weighted by atomic mass is 10.1. The molecule has 0 aliphatic heterocycles. The Bertz CT molecular complexity index is 668. The van der Waals surface area contributed by atoms with E-state index in [9.17, 15) is 22.8 Å². The summed E-state index contributed by atoms with van der Waals surface area (Å²) in [5, 5.41) is 11.0. The van der Waals surface area contributed by atoms with E-state index in [0.717, 1.165) is 18.4 Å². The molecule has 7 nitrogen and oxygen atoms in total. The third kappa shape index (κ3) is 11.5. The molecule has 1 aromatic carbocycles. The Hall–Kier alpha value is -2.49. The molecule has 0 fully saturated rings. The van der Waals surface area contributed by atoms with Crippen molar-refractivity contribution in [2.24, 2.45) is 0 Å². The summed E-state index contributed by atoms with van der Waals surface area (Å²) in [6, 6.07) is 6.01. The Morgan fingerprint density at radius 2 is 1.81 bits per heavy atom. The molecule has 1 atom stereocenters. The van der Waals surface area contributed by atoms with E-state index in [-0.39, 0.29) is 19.6 Å². The van der Waals surface area contributed by atoms with Crippen LogP contribution in [0.25, 0.3) is 0 Å². The van der Waals surface area contributed by atoms with Gasteiger partial charge in [-0.1, -0.05) is 31.9 Å². The first-order valence-corrected chi connectivity index (χ1v) is 10.3. The van der Waals surface area contributed by atoms with Crippen molar-refractivity contribution < 1.29 is 37.3 Å². The molecule has 0 aromatic heterocycles. The van der Waals surface area contributed by atoms with Crippen LogP contribution in [0.5, 0.6) is 5.75 Å². The van der Waals surface area contributed by atoms with Crippen LogP contribution in [0, 0.1) is 0 Å². The zero-order valence-electron chi connectivity index (χ0n) is 17.9. The van der Waals surface area contributed by atoms with Gasteiger partial charge in [0.2, 0.25) is 0 Å². The Balaban J connectivity index is 2.57. The monoisotopic (exact) mass is 448 g/mol. The van der Waals surface area contributed by atoms with Gasteiger partial charge in [0.1, 0.15) is 18.9 Å². The number of nitrogens with zero attached hydrogens (tertiary/aromatic N) is 1. The lowest BCUT2D eigenvalue weighted by Gasteiger charge is -2.23. The largest absolute Gasteiger partial charge is 0.492 e. The third-order valence-electron chi connectivity index (χ3n) is 4.38. The second-order valence-corrected chi connectivity index (χ2v) is 6.95. The average molecular weight is 448 g/mol. The van der Waals surface area contributed by atoms with Crippen LogP contribution in [0.3, 0.4) is 0 Å². The van der Waals surface area contributed by atoms with Crippen LogP contribution in [-0.2, 0) is 16.0 Å². The minimum Gasteiger partial charge on any atom is -0.492 e. The maximum Gasteiger partial charge on any atom is 0.405 e. The highest BCUT2D eigenvalue weighted by Gasteiger charge is 2.28. The van der Waals surface area contributed by atoms with E-state index in [2.05, 4.69) is 0 Å². The molecule has 10 heteroatoms. The number of rotatable bonds is 14. The first kappa shape index (κ1) is 26.5. The number of carboxylic acid groups (broad SMARTS) is 1. The normalized spacial score (nSPS) is 12.3. The number of aliphatic carboxylic acids is 1. The smallest absolute Gasteiger partial charge is 0.405 e. The molecule has 0 radical (unpaired) electrons. The van der Waals surface area contributed by atoms with Gasteiger partial charge in [-0.15, -0.1) is 0 Å². The van der Waals surface area contributed by atoms with E-state index in [1.165, 1.54) is 4.90 Å². The summed E-state index contributed by atoms with van der Waals surface area (Å²) in [7, 11) is 0. The highest BCUT2D eigenvalue weighted by atomic mass is 19.4. The van der Waals surface area contributed by atoms with Gasteiger partial charge in [0.15, 0.2) is 6.10 Å². The fourth-order valence-corrected chi connectivity index (χ4v) is 2.78. The molecule has 2 amide bonds. The topological polar surface area (TPSA) is 88.1 Å². The molecular formula is C21H31F3N2O5. The fourth-order valence-electron chi connectivity index (χ4n) is 2.78. The zero-order chi connectivity index (χ0) is 23.3. The molecule has 0 aliphatic carbocycles. The van der Waals surface area contributed by atoms with Gasteiger partial charge in [0.05, 0.1) is 6.54 Å². The number of benzene rings is 1. The van der Waals surface area contributed by atoms with Crippen LogP contribution >= 0.6 is 0 Å². The number of carbonyl (C=O) groups excluding carboxylic acids is 1. The number of nitrogens with one attached hydrogen (secondary N) is 1. The van der Waals surface area contributed by atoms with Gasteiger partial charge in [0, 0.05) is 19.6 Å². The standard InChI is InChI=1S/C21H31F3N2O5/c1-3-5-6-11-26(20(29)25-15-21(22,23)24)12-13-31-17-9-7-16(8-10-17)14-18(19(27)28)30-4-2/h7-10,18H,3-6,11-15H2,1-2H3,(H,25,29)(H,27,28). The number of ether oxygens (including phenoxy) is 2. The Labute approximate surface area is 180 Å². The third-order valence-corrected chi connectivity index (χ3v) is 4.38. The van der Waals surface area contributed by atoms with Gasteiger partial charge < -0.3 is 24.8 Å². The first-order valence-electron chi connectivity index (χ1n) is 10.3. The van der Waals surface area contributed by atoms with Gasteiger partial charge >= 0.3 is 18.2 Å². The maximum absolute atomic E-state index is 12.4. The van der Waals surface area contributed by atoms with Gasteiger partial charge in [-0.2, -0.15) is 13.2 Å². The van der Waals surface area contributed by atoms with E-state index in [0.29, 0.717) is 25.3 Å². The number of carboxylic acids is 1. The van der Waals surface area contributed by atoms with Crippen molar-refractivity contribution in [1.82, 2.24) is 10.2 Å². The number of carbonyl (C=O) groups is 2. The highest BCUT2D eigenvalue weighted by Crippen LogP contribution is 2.15. The zero-order valence-corrected chi connectivity index (χ0v) is 17.9. The van der Waals surface area contributed by atoms with Gasteiger partial charge in [-0.05, 0) is 31.0 Å². The van der Waals surface area contributed by atoms with Crippen molar-refractivity contribution in [3.8, 4) is 5.75 Å². The second kappa shape index (κ2) is 13.7. The minimum atomic E-state index is -4.47. The predicted molar refractivity (Wildman–Crippen MR) is 109 cm³/mol. The lowest BCUT2D eigenvalue weighted by Crippen LogP contribution is -2.45. The molecule has 0 saturated carbocycles. The van der Waals surface area contributed by atoms with Crippen molar-refractivity contribution in [1.29, 1.82) is 0 Å². The molecule has 176 valence electrons. The van der Waals surface area contributed by atoms with Crippen LogP contribution in [0.2, 0.25) is 0 Å². The maximum atomic E-state index is 12.4. The summed E-state index contributed by atoms with van der Waals surface area (Å²) >= 11 is 0. The summed E-state index contributed by atoms with van der Waals surface area (Å²) in [6.45, 7) is 3.23. The summed E-state index contributed by atoms with van der Waals surface area (Å²) in [5.74, 6) is -0.523. The number of hydrogen-bond donors (Lipinski definition) is 2. The Morgan fingerprint density at radius 1 is 1.13 bits per heavy atom. The summed E-state index contributed by atoms with van der Waals surface area (Å²) in [5.41, 5.74) is 0.765. The Morgan fingerprint density at radius 3 is 2.35 bits per heavy atom. The molecule has 2 N–H and O–H groups in total. The predicted octanol–water partition coefficient (Wildman–Crippen LogP) is 3.86. The van der Waals surface area contributed by atoms with Crippen molar-refractivity contribution in [3.05, 3.63) is 29.8 Å². The second-order valence-electron chi connectivity index (χ2n) is 6.95. The molecule has 0 spiro atoms. The molecule has 31 heavy (non-hydrogen) atoms. The highest BCUT2D eigenvalue weighted by molar-refractivity contribution is 5.74. The minimum absolute atomic E-state index is 0.113. The number of hydrogen-bond acceptors (Lipinski definition) is 4. The van der Waals surface area contributed by atoms with Crippen molar-refractivity contribution in [2.75, 3.05) is 32.8 Å². The number of unbranched alkanes of at least 4 members (excludes halogenated alkanes) is 2. The van der Waals surface area contributed by atoms with Crippen molar-refractivity contribution in [2.45, 2.75) is 51.8 Å². The van der Waals surface area contributed by atoms with E-state index in [1.807, 2.05) is 12.2 Å². The molecule has 1 rings (SSSR count). The van der Waals surface area contributed by atoms with Crippen LogP contribution < -0.4 is 10.1 Å². The number of halogens is 3. The van der Waals surface area contributed by atoms with Gasteiger partial charge in [-0.3, -0.25) is 0 Å². The fraction of sp³-hybridized carbons (Fsp3) is 0.619. The lowest BCUT2D eigenvalue weighted by molar-refractivity contribution is -0.150.